The van der Waals surface area contributed by atoms with Crippen LogP contribution in [0.1, 0.15) is 43.7 Å². The van der Waals surface area contributed by atoms with Crippen LogP contribution in [0, 0.1) is 5.92 Å². The van der Waals surface area contributed by atoms with E-state index in [1.54, 1.807) is 0 Å². The van der Waals surface area contributed by atoms with Crippen molar-refractivity contribution in [2.45, 2.75) is 38.1 Å². The van der Waals surface area contributed by atoms with Gasteiger partial charge in [-0.25, -0.2) is 0 Å². The zero-order valence-corrected chi connectivity index (χ0v) is 11.3. The van der Waals surface area contributed by atoms with E-state index in [-0.39, 0.29) is 17.8 Å². The summed E-state index contributed by atoms with van der Waals surface area (Å²) in [4.78, 5) is 11.6. The number of hydrogen-bond acceptors (Lipinski definition) is 1. The normalized spacial score (nSPS) is 18.3. The molecule has 2 rings (SSSR count). The van der Waals surface area contributed by atoms with Crippen molar-refractivity contribution in [1.82, 2.24) is 5.32 Å². The van der Waals surface area contributed by atoms with Gasteiger partial charge in [0.15, 0.2) is 0 Å². The summed E-state index contributed by atoms with van der Waals surface area (Å²) in [6.45, 7) is 0. The fraction of sp³-hybridized carbons (Fsp3) is 0.533. The highest BCUT2D eigenvalue weighted by atomic mass is 35.5. The van der Waals surface area contributed by atoms with E-state index in [0.717, 1.165) is 0 Å². The molecule has 18 heavy (non-hydrogen) atoms. The standard InChI is InChI=1S/C15H20ClNO/c16-11-14(18)17-15(12-7-3-1-4-8-12)13-9-5-2-6-10-13/h1,3-4,7-8,13,15H,2,5-6,9-11H2,(H,17,18)/t15-/m0/s1. The van der Waals surface area contributed by atoms with Gasteiger partial charge in [-0.05, 0) is 24.3 Å². The van der Waals surface area contributed by atoms with Crippen LogP contribution in [0.5, 0.6) is 0 Å². The van der Waals surface area contributed by atoms with Gasteiger partial charge in [0.2, 0.25) is 5.91 Å². The molecule has 2 nitrogen and oxygen atoms in total. The Morgan fingerprint density at radius 1 is 1.22 bits per heavy atom. The number of halogens is 1. The third-order valence-electron chi connectivity index (χ3n) is 3.72. The average molecular weight is 266 g/mol. The highest BCUT2D eigenvalue weighted by Crippen LogP contribution is 2.34. The van der Waals surface area contributed by atoms with Crippen LogP contribution in [-0.2, 0) is 4.79 Å². The molecular formula is C15H20ClNO. The summed E-state index contributed by atoms with van der Waals surface area (Å²) in [5.41, 5.74) is 1.20. The molecule has 0 spiro atoms. The summed E-state index contributed by atoms with van der Waals surface area (Å²) in [5, 5.41) is 3.08. The van der Waals surface area contributed by atoms with Crippen LogP contribution in [0.15, 0.2) is 30.3 Å². The largest absolute Gasteiger partial charge is 0.348 e. The molecule has 1 N–H and O–H groups in total. The van der Waals surface area contributed by atoms with Gasteiger partial charge < -0.3 is 5.32 Å². The smallest absolute Gasteiger partial charge is 0.235 e. The van der Waals surface area contributed by atoms with Crippen molar-refractivity contribution in [2.75, 3.05) is 5.88 Å². The Hall–Kier alpha value is -1.02. The van der Waals surface area contributed by atoms with Crippen molar-refractivity contribution in [3.05, 3.63) is 35.9 Å². The van der Waals surface area contributed by atoms with Gasteiger partial charge in [0.05, 0.1) is 6.04 Å². The van der Waals surface area contributed by atoms with Crippen molar-refractivity contribution in [3.8, 4) is 0 Å². The lowest BCUT2D eigenvalue weighted by Gasteiger charge is -2.31. The second-order valence-electron chi connectivity index (χ2n) is 4.99. The SMILES string of the molecule is O=C(CCl)N[C@@H](c1ccccc1)C1CCCCC1. The van der Waals surface area contributed by atoms with Gasteiger partial charge in [-0.1, -0.05) is 49.6 Å². The molecule has 0 radical (unpaired) electrons. The van der Waals surface area contributed by atoms with Gasteiger partial charge in [-0.15, -0.1) is 11.6 Å². The highest BCUT2D eigenvalue weighted by molar-refractivity contribution is 6.27. The summed E-state index contributed by atoms with van der Waals surface area (Å²) in [6, 6.07) is 10.4. The minimum absolute atomic E-state index is 0.0378. The molecule has 1 saturated carbocycles. The predicted octanol–water partition coefficient (Wildman–Crippen LogP) is 3.66. The Balaban J connectivity index is 2.14. The minimum Gasteiger partial charge on any atom is -0.348 e. The minimum atomic E-state index is -0.0731. The van der Waals surface area contributed by atoms with E-state index in [0.29, 0.717) is 5.92 Å². The summed E-state index contributed by atoms with van der Waals surface area (Å²) < 4.78 is 0. The van der Waals surface area contributed by atoms with Crippen molar-refractivity contribution < 1.29 is 4.79 Å². The molecule has 0 aliphatic heterocycles. The van der Waals surface area contributed by atoms with E-state index in [9.17, 15) is 4.79 Å². The fourth-order valence-corrected chi connectivity index (χ4v) is 2.89. The van der Waals surface area contributed by atoms with E-state index in [4.69, 9.17) is 11.6 Å². The fourth-order valence-electron chi connectivity index (χ4n) is 2.81. The summed E-state index contributed by atoms with van der Waals surface area (Å²) in [6.07, 6.45) is 6.25. The molecule has 1 aromatic carbocycles. The number of rotatable bonds is 4. The molecule has 1 amide bonds. The maximum Gasteiger partial charge on any atom is 0.235 e. The van der Waals surface area contributed by atoms with Crippen LogP contribution < -0.4 is 5.32 Å². The summed E-state index contributed by atoms with van der Waals surface area (Å²) in [7, 11) is 0. The summed E-state index contributed by atoms with van der Waals surface area (Å²) in [5.74, 6) is 0.514. The van der Waals surface area contributed by atoms with E-state index in [2.05, 4.69) is 17.4 Å². The lowest BCUT2D eigenvalue weighted by Crippen LogP contribution is -2.35. The van der Waals surface area contributed by atoms with Gasteiger partial charge in [0, 0.05) is 0 Å². The first kappa shape index (κ1) is 13.4. The van der Waals surface area contributed by atoms with Crippen LogP contribution >= 0.6 is 11.6 Å². The van der Waals surface area contributed by atoms with Crippen molar-refractivity contribution in [1.29, 1.82) is 0 Å². The zero-order valence-electron chi connectivity index (χ0n) is 10.6. The van der Waals surface area contributed by atoms with Crippen LogP contribution in [0.3, 0.4) is 0 Å². The van der Waals surface area contributed by atoms with E-state index >= 15 is 0 Å². The Kier molecular flexibility index (Phi) is 5.06. The lowest BCUT2D eigenvalue weighted by atomic mass is 9.81. The van der Waals surface area contributed by atoms with E-state index in [1.807, 2.05) is 18.2 Å². The molecule has 0 saturated heterocycles. The summed E-state index contributed by atoms with van der Waals surface area (Å²) >= 11 is 5.61. The molecule has 1 atom stereocenters. The van der Waals surface area contributed by atoms with E-state index in [1.165, 1.54) is 37.7 Å². The molecular weight excluding hydrogens is 246 g/mol. The van der Waals surface area contributed by atoms with Gasteiger partial charge in [-0.2, -0.15) is 0 Å². The van der Waals surface area contributed by atoms with Gasteiger partial charge >= 0.3 is 0 Å². The van der Waals surface area contributed by atoms with Crippen LogP contribution in [0.25, 0.3) is 0 Å². The van der Waals surface area contributed by atoms with Gasteiger partial charge in [-0.3, -0.25) is 4.79 Å². The molecule has 0 heterocycles. The second kappa shape index (κ2) is 6.79. The second-order valence-corrected chi connectivity index (χ2v) is 5.25. The number of amides is 1. The molecule has 1 aliphatic rings. The number of benzene rings is 1. The number of alkyl halides is 1. The Morgan fingerprint density at radius 2 is 1.89 bits per heavy atom. The first-order valence-electron chi connectivity index (χ1n) is 6.71. The van der Waals surface area contributed by atoms with Crippen molar-refractivity contribution in [3.63, 3.8) is 0 Å². The third kappa shape index (κ3) is 3.49. The molecule has 0 bridgehead atoms. The number of nitrogens with one attached hydrogen (secondary N) is 1. The highest BCUT2D eigenvalue weighted by Gasteiger charge is 2.25. The topological polar surface area (TPSA) is 29.1 Å². The maximum absolute atomic E-state index is 11.6. The molecule has 1 aliphatic carbocycles. The lowest BCUT2D eigenvalue weighted by molar-refractivity contribution is -0.119. The average Bonchev–Trinajstić information content (AvgIpc) is 2.46. The van der Waals surface area contributed by atoms with Gasteiger partial charge in [0.25, 0.3) is 0 Å². The maximum atomic E-state index is 11.6. The molecule has 98 valence electrons. The zero-order chi connectivity index (χ0) is 12.8. The number of carbonyl (C=O) groups excluding carboxylic acids is 1. The van der Waals surface area contributed by atoms with Crippen LogP contribution in [0.2, 0.25) is 0 Å². The molecule has 0 aromatic heterocycles. The third-order valence-corrected chi connectivity index (χ3v) is 3.96. The first-order valence-corrected chi connectivity index (χ1v) is 7.25. The molecule has 1 fully saturated rings. The molecule has 0 unspecified atom stereocenters. The molecule has 1 aromatic rings. The van der Waals surface area contributed by atoms with Gasteiger partial charge in [0.1, 0.15) is 5.88 Å². The first-order chi connectivity index (χ1) is 8.81. The Bertz CT molecular complexity index is 373. The van der Waals surface area contributed by atoms with Crippen molar-refractivity contribution >= 4 is 17.5 Å². The van der Waals surface area contributed by atoms with Crippen LogP contribution in [-0.4, -0.2) is 11.8 Å². The quantitative estimate of drug-likeness (QED) is 0.827. The Labute approximate surface area is 114 Å². The monoisotopic (exact) mass is 265 g/mol. The van der Waals surface area contributed by atoms with Crippen molar-refractivity contribution in [2.24, 2.45) is 5.92 Å². The predicted molar refractivity (Wildman–Crippen MR) is 74.6 cm³/mol. The Morgan fingerprint density at radius 3 is 2.50 bits per heavy atom. The number of hydrogen-bond donors (Lipinski definition) is 1. The van der Waals surface area contributed by atoms with Crippen LogP contribution in [0.4, 0.5) is 0 Å². The molecule has 3 heteroatoms. The van der Waals surface area contributed by atoms with E-state index < -0.39 is 0 Å². The number of carbonyl (C=O) groups is 1.